The fraction of sp³-hybridized carbons (Fsp3) is 0.400. The molecule has 0 saturated carbocycles. The van der Waals surface area contributed by atoms with Gasteiger partial charge in [0.1, 0.15) is 19.0 Å². The second-order valence-corrected chi connectivity index (χ2v) is 5.90. The normalized spacial score (nSPS) is 10.2. The van der Waals surface area contributed by atoms with Crippen molar-refractivity contribution in [1.82, 2.24) is 0 Å². The molecular weight excluding hydrogens is 388 g/mol. The lowest BCUT2D eigenvalue weighted by Gasteiger charge is -2.16. The standard InChI is InChI=1S/C15H18Br2O3/c1-4-6-11-9-12(16)10(3)14(17)15(11)20-8-7-19-13(18)5-2/h5,9H,2,4,6-8H2,1,3H3. The molecule has 0 amide bonds. The average Bonchev–Trinajstić information content (AvgIpc) is 2.43. The molecule has 0 saturated heterocycles. The Bertz CT molecular complexity index is 498. The first-order valence-electron chi connectivity index (χ1n) is 6.40. The molecule has 0 aliphatic rings. The summed E-state index contributed by atoms with van der Waals surface area (Å²) in [5, 5.41) is 0. The van der Waals surface area contributed by atoms with Gasteiger partial charge in [-0.25, -0.2) is 4.79 Å². The van der Waals surface area contributed by atoms with E-state index in [2.05, 4.69) is 51.4 Å². The number of esters is 1. The van der Waals surface area contributed by atoms with Crippen molar-refractivity contribution in [2.24, 2.45) is 0 Å². The minimum atomic E-state index is -0.437. The number of hydrogen-bond donors (Lipinski definition) is 0. The van der Waals surface area contributed by atoms with E-state index in [0.717, 1.165) is 44.7 Å². The van der Waals surface area contributed by atoms with Crippen LogP contribution in [0, 0.1) is 6.92 Å². The number of carbonyl (C=O) groups excluding carboxylic acids is 1. The average molecular weight is 406 g/mol. The van der Waals surface area contributed by atoms with Crippen molar-refractivity contribution in [3.63, 3.8) is 0 Å². The molecule has 3 nitrogen and oxygen atoms in total. The predicted molar refractivity (Wildman–Crippen MR) is 87.2 cm³/mol. The van der Waals surface area contributed by atoms with Gasteiger partial charge in [0.15, 0.2) is 0 Å². The van der Waals surface area contributed by atoms with Gasteiger partial charge in [0, 0.05) is 10.5 Å². The Kier molecular flexibility index (Phi) is 7.30. The number of hydrogen-bond acceptors (Lipinski definition) is 3. The molecule has 0 unspecified atom stereocenters. The van der Waals surface area contributed by atoms with Crippen LogP contribution < -0.4 is 4.74 Å². The molecule has 0 radical (unpaired) electrons. The van der Waals surface area contributed by atoms with Gasteiger partial charge < -0.3 is 9.47 Å². The molecule has 0 aromatic heterocycles. The van der Waals surface area contributed by atoms with E-state index in [4.69, 9.17) is 9.47 Å². The first-order valence-corrected chi connectivity index (χ1v) is 7.99. The molecule has 0 bridgehead atoms. The van der Waals surface area contributed by atoms with E-state index in [1.165, 1.54) is 0 Å². The lowest BCUT2D eigenvalue weighted by molar-refractivity contribution is -0.138. The molecule has 5 heteroatoms. The summed E-state index contributed by atoms with van der Waals surface area (Å²) in [6, 6.07) is 2.08. The number of benzene rings is 1. The van der Waals surface area contributed by atoms with E-state index in [1.54, 1.807) is 0 Å². The maximum atomic E-state index is 10.9. The summed E-state index contributed by atoms with van der Waals surface area (Å²) in [7, 11) is 0. The van der Waals surface area contributed by atoms with E-state index in [1.807, 2.05) is 6.92 Å². The Balaban J connectivity index is 2.79. The van der Waals surface area contributed by atoms with E-state index in [0.29, 0.717) is 6.61 Å². The summed E-state index contributed by atoms with van der Waals surface area (Å²) >= 11 is 7.11. The van der Waals surface area contributed by atoms with E-state index < -0.39 is 5.97 Å². The third-order valence-electron chi connectivity index (χ3n) is 2.74. The Labute approximate surface area is 136 Å². The Morgan fingerprint density at radius 2 is 2.10 bits per heavy atom. The monoisotopic (exact) mass is 404 g/mol. The summed E-state index contributed by atoms with van der Waals surface area (Å²) in [5.41, 5.74) is 2.22. The molecular formula is C15H18Br2O3. The zero-order valence-corrected chi connectivity index (χ0v) is 14.8. The lowest BCUT2D eigenvalue weighted by Crippen LogP contribution is -2.11. The highest BCUT2D eigenvalue weighted by atomic mass is 79.9. The van der Waals surface area contributed by atoms with Crippen LogP contribution in [0.1, 0.15) is 24.5 Å². The van der Waals surface area contributed by atoms with E-state index in [9.17, 15) is 4.79 Å². The SMILES string of the molecule is C=CC(=O)OCCOc1c(CCC)cc(Br)c(C)c1Br. The topological polar surface area (TPSA) is 35.5 Å². The maximum absolute atomic E-state index is 10.9. The third-order valence-corrected chi connectivity index (χ3v) is 4.52. The molecule has 0 aliphatic carbocycles. The summed E-state index contributed by atoms with van der Waals surface area (Å²) < 4.78 is 12.7. The highest BCUT2D eigenvalue weighted by Crippen LogP contribution is 2.37. The van der Waals surface area contributed by atoms with Gasteiger partial charge in [0.2, 0.25) is 0 Å². The molecule has 1 aromatic rings. The summed E-state index contributed by atoms with van der Waals surface area (Å²) in [4.78, 5) is 10.9. The molecule has 0 fully saturated rings. The Hall–Kier alpha value is -0.810. The molecule has 0 atom stereocenters. The third kappa shape index (κ3) is 4.63. The minimum absolute atomic E-state index is 0.206. The quantitative estimate of drug-likeness (QED) is 0.378. The number of aryl methyl sites for hydroxylation is 1. The number of carbonyl (C=O) groups is 1. The van der Waals surface area contributed by atoms with Gasteiger partial charge in [-0.05, 0) is 46.5 Å². The van der Waals surface area contributed by atoms with Gasteiger partial charge in [-0.15, -0.1) is 0 Å². The van der Waals surface area contributed by atoms with Crippen molar-refractivity contribution >= 4 is 37.8 Å². The van der Waals surface area contributed by atoms with Crippen LogP contribution in [0.25, 0.3) is 0 Å². The zero-order chi connectivity index (χ0) is 15.1. The highest BCUT2D eigenvalue weighted by molar-refractivity contribution is 9.11. The zero-order valence-electron chi connectivity index (χ0n) is 11.7. The molecule has 0 heterocycles. The smallest absolute Gasteiger partial charge is 0.330 e. The molecule has 1 aromatic carbocycles. The Morgan fingerprint density at radius 1 is 1.40 bits per heavy atom. The van der Waals surface area contributed by atoms with Crippen LogP contribution in [0.5, 0.6) is 5.75 Å². The largest absolute Gasteiger partial charge is 0.489 e. The second kappa shape index (κ2) is 8.47. The van der Waals surface area contributed by atoms with Crippen molar-refractivity contribution in [2.75, 3.05) is 13.2 Å². The molecule has 110 valence electrons. The van der Waals surface area contributed by atoms with Gasteiger partial charge in [0.25, 0.3) is 0 Å². The molecule has 0 N–H and O–H groups in total. The van der Waals surface area contributed by atoms with Crippen molar-refractivity contribution in [2.45, 2.75) is 26.7 Å². The van der Waals surface area contributed by atoms with Gasteiger partial charge in [-0.1, -0.05) is 35.9 Å². The minimum Gasteiger partial charge on any atom is -0.489 e. The molecule has 20 heavy (non-hydrogen) atoms. The number of ether oxygens (including phenoxy) is 2. The van der Waals surface area contributed by atoms with Gasteiger partial charge in [0.05, 0.1) is 4.47 Å². The Morgan fingerprint density at radius 3 is 2.70 bits per heavy atom. The van der Waals surface area contributed by atoms with Crippen LogP contribution in [0.3, 0.4) is 0 Å². The molecule has 1 rings (SSSR count). The van der Waals surface area contributed by atoms with Crippen molar-refractivity contribution in [1.29, 1.82) is 0 Å². The van der Waals surface area contributed by atoms with Gasteiger partial charge in [-0.3, -0.25) is 0 Å². The van der Waals surface area contributed by atoms with Crippen molar-refractivity contribution < 1.29 is 14.3 Å². The van der Waals surface area contributed by atoms with Crippen LogP contribution >= 0.6 is 31.9 Å². The van der Waals surface area contributed by atoms with E-state index >= 15 is 0 Å². The highest BCUT2D eigenvalue weighted by Gasteiger charge is 2.13. The maximum Gasteiger partial charge on any atom is 0.330 e. The predicted octanol–water partition coefficient (Wildman–Crippen LogP) is 4.58. The van der Waals surface area contributed by atoms with Crippen LogP contribution in [-0.2, 0) is 16.0 Å². The fourth-order valence-corrected chi connectivity index (χ4v) is 3.02. The first kappa shape index (κ1) is 17.2. The van der Waals surface area contributed by atoms with Crippen LogP contribution in [0.15, 0.2) is 27.7 Å². The molecule has 0 aliphatic heterocycles. The summed E-state index contributed by atoms with van der Waals surface area (Å²) in [5.74, 6) is 0.385. The van der Waals surface area contributed by atoms with Crippen LogP contribution in [-0.4, -0.2) is 19.2 Å². The van der Waals surface area contributed by atoms with Crippen LogP contribution in [0.2, 0.25) is 0 Å². The number of halogens is 2. The second-order valence-electron chi connectivity index (χ2n) is 4.26. The number of rotatable bonds is 7. The van der Waals surface area contributed by atoms with Crippen LogP contribution in [0.4, 0.5) is 0 Å². The lowest BCUT2D eigenvalue weighted by atomic mass is 10.1. The molecule has 0 spiro atoms. The van der Waals surface area contributed by atoms with Gasteiger partial charge in [-0.2, -0.15) is 0 Å². The van der Waals surface area contributed by atoms with Gasteiger partial charge >= 0.3 is 5.97 Å². The fourth-order valence-electron chi connectivity index (χ4n) is 1.70. The first-order chi connectivity index (χ1) is 9.51. The van der Waals surface area contributed by atoms with Crippen molar-refractivity contribution in [3.8, 4) is 5.75 Å². The summed E-state index contributed by atoms with van der Waals surface area (Å²) in [6.45, 7) is 8.00. The van der Waals surface area contributed by atoms with Crippen molar-refractivity contribution in [3.05, 3.63) is 38.8 Å². The van der Waals surface area contributed by atoms with E-state index in [-0.39, 0.29) is 6.61 Å². The summed E-state index contributed by atoms with van der Waals surface area (Å²) in [6.07, 6.45) is 3.10.